The molecule has 0 fully saturated rings. The Balaban J connectivity index is 1.47. The number of fused-ring (bicyclic) bond motifs is 1. The maximum Gasteiger partial charge on any atom is 0.257 e. The van der Waals surface area contributed by atoms with E-state index in [9.17, 15) is 4.79 Å². The highest BCUT2D eigenvalue weighted by molar-refractivity contribution is 6.33. The van der Waals surface area contributed by atoms with Crippen molar-refractivity contribution in [1.82, 2.24) is 24.5 Å². The quantitative estimate of drug-likeness (QED) is 0.340. The molecule has 0 saturated carbocycles. The molecule has 0 atom stereocenters. The Kier molecular flexibility index (Phi) is 5.81. The molecule has 9 heteroatoms. The summed E-state index contributed by atoms with van der Waals surface area (Å²) in [5, 5.41) is 13.5. The third-order valence-electron chi connectivity index (χ3n) is 5.46. The van der Waals surface area contributed by atoms with Crippen molar-refractivity contribution in [1.29, 1.82) is 0 Å². The number of para-hydroxylation sites is 1. The molecule has 0 bridgehead atoms. The summed E-state index contributed by atoms with van der Waals surface area (Å²) < 4.78 is 3.41. The summed E-state index contributed by atoms with van der Waals surface area (Å²) in [4.78, 5) is 18.1. The molecule has 0 radical (unpaired) electrons. The van der Waals surface area contributed by atoms with E-state index in [1.54, 1.807) is 21.6 Å². The summed E-state index contributed by atoms with van der Waals surface area (Å²) in [6.45, 7) is 2.41. The van der Waals surface area contributed by atoms with Crippen LogP contribution in [0, 0.1) is 6.92 Å². The fourth-order valence-corrected chi connectivity index (χ4v) is 4.19. The highest BCUT2D eigenvalue weighted by Crippen LogP contribution is 2.28. The van der Waals surface area contributed by atoms with Gasteiger partial charge >= 0.3 is 0 Å². The second-order valence-corrected chi connectivity index (χ2v) is 8.82. The third-order valence-corrected chi connectivity index (χ3v) is 5.99. The molecular weight excluding hydrogens is 471 g/mol. The van der Waals surface area contributed by atoms with E-state index in [-0.39, 0.29) is 5.91 Å². The van der Waals surface area contributed by atoms with Crippen LogP contribution in [0.5, 0.6) is 0 Å². The summed E-state index contributed by atoms with van der Waals surface area (Å²) in [5.74, 6) is -0.0272. The van der Waals surface area contributed by atoms with Gasteiger partial charge in [-0.2, -0.15) is 10.2 Å². The van der Waals surface area contributed by atoms with Gasteiger partial charge in [-0.05, 0) is 36.8 Å². The van der Waals surface area contributed by atoms with Crippen molar-refractivity contribution in [3.05, 3.63) is 93.9 Å². The number of hydrogen-bond acceptors (Lipinski definition) is 4. The van der Waals surface area contributed by atoms with Crippen molar-refractivity contribution < 1.29 is 4.79 Å². The molecule has 0 aliphatic heterocycles. The first-order valence-electron chi connectivity index (χ1n) is 10.6. The Hall–Kier alpha value is -3.68. The largest absolute Gasteiger partial charge is 0.304 e. The molecule has 0 unspecified atom stereocenters. The van der Waals surface area contributed by atoms with E-state index < -0.39 is 0 Å². The zero-order chi connectivity index (χ0) is 23.8. The van der Waals surface area contributed by atoms with E-state index in [2.05, 4.69) is 15.5 Å². The number of nitrogens with zero attached hydrogens (tertiary/aromatic N) is 5. The molecular formula is C25H20Cl2N6O. The number of rotatable bonds is 5. The second-order valence-electron chi connectivity index (χ2n) is 7.98. The standard InChI is InChI=1S/C25H20Cl2N6O/c1-15-20(13-32(2)30-15)23-11-19(18-5-3-4-6-22(18)28-23)25(34)29-24-21(27)14-33(31-24)12-16-7-9-17(26)10-8-16/h3-11,13-14H,12H2,1-2H3,(H,29,31,34). The van der Waals surface area contributed by atoms with Gasteiger partial charge in [-0.15, -0.1) is 0 Å². The zero-order valence-electron chi connectivity index (χ0n) is 18.5. The van der Waals surface area contributed by atoms with Crippen molar-refractivity contribution in [2.45, 2.75) is 13.5 Å². The molecule has 7 nitrogen and oxygen atoms in total. The molecule has 1 amide bonds. The maximum absolute atomic E-state index is 13.4. The van der Waals surface area contributed by atoms with Gasteiger partial charge in [0.05, 0.1) is 29.0 Å². The smallest absolute Gasteiger partial charge is 0.257 e. The summed E-state index contributed by atoms with van der Waals surface area (Å²) in [5.41, 5.74) is 4.58. The molecule has 0 aliphatic rings. The Morgan fingerprint density at radius 1 is 1.03 bits per heavy atom. The predicted molar refractivity (Wildman–Crippen MR) is 134 cm³/mol. The number of nitrogens with one attached hydrogen (secondary N) is 1. The molecule has 34 heavy (non-hydrogen) atoms. The van der Waals surface area contributed by atoms with Gasteiger partial charge in [0.2, 0.25) is 0 Å². The number of amides is 1. The van der Waals surface area contributed by atoms with Crippen LogP contribution in [0.4, 0.5) is 5.82 Å². The number of benzene rings is 2. The first kappa shape index (κ1) is 22.1. The molecule has 3 aromatic heterocycles. The molecule has 0 saturated heterocycles. The monoisotopic (exact) mass is 490 g/mol. The van der Waals surface area contributed by atoms with Crippen molar-refractivity contribution in [2.75, 3.05) is 5.32 Å². The summed E-state index contributed by atoms with van der Waals surface area (Å²) >= 11 is 12.4. The fourth-order valence-electron chi connectivity index (χ4n) is 3.87. The highest BCUT2D eigenvalue weighted by atomic mass is 35.5. The summed E-state index contributed by atoms with van der Waals surface area (Å²) in [6.07, 6.45) is 3.57. The van der Waals surface area contributed by atoms with Crippen molar-refractivity contribution >= 4 is 45.8 Å². The molecule has 5 rings (SSSR count). The SMILES string of the molecule is Cc1nn(C)cc1-c1cc(C(=O)Nc2nn(Cc3ccc(Cl)cc3)cc2Cl)c2ccccc2n1. The fraction of sp³-hybridized carbons (Fsp3) is 0.120. The third kappa shape index (κ3) is 4.40. The molecule has 0 spiro atoms. The first-order valence-corrected chi connectivity index (χ1v) is 11.3. The zero-order valence-corrected chi connectivity index (χ0v) is 20.0. The molecule has 5 aromatic rings. The van der Waals surface area contributed by atoms with E-state index in [1.807, 2.05) is 68.7 Å². The van der Waals surface area contributed by atoms with Gasteiger partial charge in [0.15, 0.2) is 5.82 Å². The van der Waals surface area contributed by atoms with Gasteiger partial charge in [0.25, 0.3) is 5.91 Å². The van der Waals surface area contributed by atoms with Crippen LogP contribution >= 0.6 is 23.2 Å². The van der Waals surface area contributed by atoms with Crippen LogP contribution in [0.25, 0.3) is 22.2 Å². The minimum atomic E-state index is -0.319. The lowest BCUT2D eigenvalue weighted by Gasteiger charge is -2.09. The lowest BCUT2D eigenvalue weighted by molar-refractivity contribution is 0.102. The topological polar surface area (TPSA) is 77.6 Å². The van der Waals surface area contributed by atoms with Crippen molar-refractivity contribution in [3.8, 4) is 11.3 Å². The molecule has 1 N–H and O–H groups in total. The summed E-state index contributed by atoms with van der Waals surface area (Å²) in [6, 6.07) is 16.8. The van der Waals surface area contributed by atoms with Gasteiger partial charge in [0.1, 0.15) is 5.02 Å². The van der Waals surface area contributed by atoms with Crippen LogP contribution in [-0.4, -0.2) is 30.5 Å². The van der Waals surface area contributed by atoms with E-state index in [0.717, 1.165) is 22.2 Å². The lowest BCUT2D eigenvalue weighted by Crippen LogP contribution is -2.14. The number of anilines is 1. The van der Waals surface area contributed by atoms with Gasteiger partial charge in [-0.25, -0.2) is 4.98 Å². The second kappa shape index (κ2) is 8.93. The van der Waals surface area contributed by atoms with E-state index in [4.69, 9.17) is 28.2 Å². The van der Waals surface area contributed by atoms with E-state index in [1.165, 1.54) is 0 Å². The highest BCUT2D eigenvalue weighted by Gasteiger charge is 2.18. The average Bonchev–Trinajstić information content (AvgIpc) is 3.34. The number of carbonyl (C=O) groups excluding carboxylic acids is 1. The Bertz CT molecular complexity index is 1520. The number of hydrogen-bond donors (Lipinski definition) is 1. The Labute approximate surface area is 205 Å². The van der Waals surface area contributed by atoms with Crippen LogP contribution in [0.3, 0.4) is 0 Å². The van der Waals surface area contributed by atoms with Crippen molar-refractivity contribution in [3.63, 3.8) is 0 Å². The number of halogens is 2. The van der Waals surface area contributed by atoms with Crippen LogP contribution < -0.4 is 5.32 Å². The minimum Gasteiger partial charge on any atom is -0.304 e. The van der Waals surface area contributed by atoms with Crippen LogP contribution in [0.15, 0.2) is 67.0 Å². The lowest BCUT2D eigenvalue weighted by atomic mass is 10.0. The Morgan fingerprint density at radius 2 is 1.79 bits per heavy atom. The van der Waals surface area contributed by atoms with Crippen LogP contribution in [0.1, 0.15) is 21.6 Å². The average molecular weight is 491 g/mol. The van der Waals surface area contributed by atoms with E-state index >= 15 is 0 Å². The van der Waals surface area contributed by atoms with Gasteiger partial charge in [-0.3, -0.25) is 14.2 Å². The number of pyridine rings is 1. The number of aromatic nitrogens is 5. The van der Waals surface area contributed by atoms with Crippen LogP contribution in [0.2, 0.25) is 10.0 Å². The minimum absolute atomic E-state index is 0.292. The summed E-state index contributed by atoms with van der Waals surface area (Å²) in [7, 11) is 1.85. The molecule has 3 heterocycles. The van der Waals surface area contributed by atoms with Gasteiger partial charge in [0, 0.05) is 35.4 Å². The Morgan fingerprint density at radius 3 is 2.53 bits per heavy atom. The normalized spacial score (nSPS) is 11.2. The first-order chi connectivity index (χ1) is 16.4. The van der Waals surface area contributed by atoms with E-state index in [0.29, 0.717) is 39.2 Å². The number of aryl methyl sites for hydroxylation is 2. The van der Waals surface area contributed by atoms with Crippen LogP contribution in [-0.2, 0) is 13.6 Å². The predicted octanol–water partition coefficient (Wildman–Crippen LogP) is 5.75. The molecule has 0 aliphatic carbocycles. The van der Waals surface area contributed by atoms with Crippen molar-refractivity contribution in [2.24, 2.45) is 7.05 Å². The maximum atomic E-state index is 13.4. The van der Waals surface area contributed by atoms with Gasteiger partial charge < -0.3 is 5.32 Å². The molecule has 2 aromatic carbocycles. The molecule has 170 valence electrons. The number of carbonyl (C=O) groups is 1. The van der Waals surface area contributed by atoms with Gasteiger partial charge in [-0.1, -0.05) is 53.5 Å².